The predicted octanol–water partition coefficient (Wildman–Crippen LogP) is 3.22. The van der Waals surface area contributed by atoms with Crippen LogP contribution in [-0.2, 0) is 0 Å². The molecular weight excluding hydrogens is 207 g/mol. The van der Waals surface area contributed by atoms with E-state index >= 15 is 0 Å². The first-order chi connectivity index (χ1) is 7.54. The first kappa shape index (κ1) is 12.7. The number of ether oxygens (including phenoxy) is 1. The summed E-state index contributed by atoms with van der Waals surface area (Å²) in [6.45, 7) is 7.78. The molecule has 0 unspecified atom stereocenters. The molecule has 0 aromatic heterocycles. The van der Waals surface area contributed by atoms with Gasteiger partial charge in [0.2, 0.25) is 0 Å². The average molecular weight is 224 g/mol. The molecule has 0 fully saturated rings. The fourth-order valence-electron chi connectivity index (χ4n) is 1.26. The van der Waals surface area contributed by atoms with Gasteiger partial charge in [0.1, 0.15) is 18.2 Å². The Kier molecular flexibility index (Phi) is 4.50. The van der Waals surface area contributed by atoms with Crippen LogP contribution in [0.1, 0.15) is 31.9 Å². The van der Waals surface area contributed by atoms with Crippen LogP contribution in [0.25, 0.3) is 0 Å². The van der Waals surface area contributed by atoms with Gasteiger partial charge >= 0.3 is 0 Å². The van der Waals surface area contributed by atoms with Crippen LogP contribution in [0.3, 0.4) is 0 Å². The molecule has 0 amide bonds. The highest BCUT2D eigenvalue weighted by Crippen LogP contribution is 2.26. The molecule has 3 heteroatoms. The summed E-state index contributed by atoms with van der Waals surface area (Å²) in [6, 6.07) is 4.13. The number of halogens is 1. The third kappa shape index (κ3) is 3.35. The molecule has 0 heterocycles. The Hall–Kier alpha value is -1.35. The van der Waals surface area contributed by atoms with Crippen molar-refractivity contribution >= 4 is 0 Å². The molecule has 16 heavy (non-hydrogen) atoms. The van der Waals surface area contributed by atoms with Crippen molar-refractivity contribution in [3.05, 3.63) is 41.7 Å². The Balaban J connectivity index is 2.82. The SMILES string of the molecule is C=C(CC)COc1ccc(F)cc1[C@H](C)O. The van der Waals surface area contributed by atoms with Gasteiger partial charge in [-0.15, -0.1) is 0 Å². The zero-order valence-electron chi connectivity index (χ0n) is 9.66. The number of rotatable bonds is 5. The maximum Gasteiger partial charge on any atom is 0.125 e. The van der Waals surface area contributed by atoms with E-state index in [4.69, 9.17) is 4.74 Å². The van der Waals surface area contributed by atoms with Gasteiger partial charge in [0.15, 0.2) is 0 Å². The van der Waals surface area contributed by atoms with Gasteiger partial charge in [-0.1, -0.05) is 13.5 Å². The second-order valence-electron chi connectivity index (χ2n) is 3.75. The highest BCUT2D eigenvalue weighted by Gasteiger charge is 2.10. The molecular formula is C13H17FO2. The van der Waals surface area contributed by atoms with E-state index < -0.39 is 6.10 Å². The minimum absolute atomic E-state index is 0.377. The third-order valence-corrected chi connectivity index (χ3v) is 2.35. The molecule has 0 bridgehead atoms. The van der Waals surface area contributed by atoms with Crippen molar-refractivity contribution in [1.82, 2.24) is 0 Å². The van der Waals surface area contributed by atoms with Gasteiger partial charge in [-0.25, -0.2) is 4.39 Å². The molecule has 0 aliphatic rings. The van der Waals surface area contributed by atoms with Crippen molar-refractivity contribution in [1.29, 1.82) is 0 Å². The summed E-state index contributed by atoms with van der Waals surface area (Å²) < 4.78 is 18.5. The molecule has 0 radical (unpaired) electrons. The molecule has 1 aromatic rings. The summed E-state index contributed by atoms with van der Waals surface area (Å²) in [5.41, 5.74) is 1.42. The van der Waals surface area contributed by atoms with E-state index in [-0.39, 0.29) is 5.82 Å². The summed E-state index contributed by atoms with van der Waals surface area (Å²) in [6.07, 6.45) is 0.0890. The van der Waals surface area contributed by atoms with Crippen molar-refractivity contribution in [2.45, 2.75) is 26.4 Å². The first-order valence-corrected chi connectivity index (χ1v) is 5.31. The van der Waals surface area contributed by atoms with Crippen molar-refractivity contribution in [2.75, 3.05) is 6.61 Å². The second kappa shape index (κ2) is 5.66. The molecule has 1 N–H and O–H groups in total. The summed E-state index contributed by atoms with van der Waals surface area (Å²) in [4.78, 5) is 0. The Morgan fingerprint density at radius 3 is 2.81 bits per heavy atom. The van der Waals surface area contributed by atoms with Crippen molar-refractivity contribution in [3.63, 3.8) is 0 Å². The number of hydrogen-bond donors (Lipinski definition) is 1. The van der Waals surface area contributed by atoms with Crippen LogP contribution >= 0.6 is 0 Å². The molecule has 0 aliphatic heterocycles. The van der Waals surface area contributed by atoms with Gasteiger partial charge in [-0.3, -0.25) is 0 Å². The molecule has 0 aliphatic carbocycles. The minimum atomic E-state index is -0.749. The monoisotopic (exact) mass is 224 g/mol. The van der Waals surface area contributed by atoms with E-state index in [9.17, 15) is 9.50 Å². The van der Waals surface area contributed by atoms with Crippen LogP contribution in [0, 0.1) is 5.82 Å². The van der Waals surface area contributed by atoms with Crippen LogP contribution in [0.15, 0.2) is 30.4 Å². The minimum Gasteiger partial charge on any atom is -0.489 e. The van der Waals surface area contributed by atoms with Gasteiger partial charge in [-0.2, -0.15) is 0 Å². The van der Waals surface area contributed by atoms with Crippen molar-refractivity contribution in [2.24, 2.45) is 0 Å². The lowest BCUT2D eigenvalue weighted by Crippen LogP contribution is -2.04. The van der Waals surface area contributed by atoms with Crippen LogP contribution in [0.5, 0.6) is 5.75 Å². The third-order valence-electron chi connectivity index (χ3n) is 2.35. The van der Waals surface area contributed by atoms with Crippen molar-refractivity contribution in [3.8, 4) is 5.75 Å². The van der Waals surface area contributed by atoms with Crippen molar-refractivity contribution < 1.29 is 14.2 Å². The summed E-state index contributed by atoms with van der Waals surface area (Å²) in [7, 11) is 0. The van der Waals surface area contributed by atoms with E-state index in [0.29, 0.717) is 17.9 Å². The van der Waals surface area contributed by atoms with Gasteiger partial charge < -0.3 is 9.84 Å². The molecule has 1 rings (SSSR count). The van der Waals surface area contributed by atoms with E-state index in [1.807, 2.05) is 6.92 Å². The number of hydrogen-bond acceptors (Lipinski definition) is 2. The average Bonchev–Trinajstić information content (AvgIpc) is 2.26. The molecule has 0 saturated heterocycles. The Morgan fingerprint density at radius 2 is 2.25 bits per heavy atom. The predicted molar refractivity (Wildman–Crippen MR) is 62.0 cm³/mol. The lowest BCUT2D eigenvalue weighted by atomic mass is 10.1. The molecule has 1 atom stereocenters. The van der Waals surface area contributed by atoms with Crippen LogP contribution in [0.4, 0.5) is 4.39 Å². The van der Waals surface area contributed by atoms with E-state index in [0.717, 1.165) is 12.0 Å². The highest BCUT2D eigenvalue weighted by atomic mass is 19.1. The molecule has 2 nitrogen and oxygen atoms in total. The molecule has 0 saturated carbocycles. The molecule has 88 valence electrons. The largest absolute Gasteiger partial charge is 0.489 e. The van der Waals surface area contributed by atoms with Gasteiger partial charge in [0.25, 0.3) is 0 Å². The lowest BCUT2D eigenvalue weighted by molar-refractivity contribution is 0.192. The highest BCUT2D eigenvalue weighted by molar-refractivity contribution is 5.35. The normalized spacial score (nSPS) is 12.2. The molecule has 0 spiro atoms. The summed E-state index contributed by atoms with van der Waals surface area (Å²) >= 11 is 0. The number of aliphatic hydroxyl groups is 1. The Labute approximate surface area is 95.4 Å². The Bertz CT molecular complexity index is 372. The quantitative estimate of drug-likeness (QED) is 0.778. The fourth-order valence-corrected chi connectivity index (χ4v) is 1.26. The topological polar surface area (TPSA) is 29.5 Å². The maximum atomic E-state index is 13.0. The first-order valence-electron chi connectivity index (χ1n) is 5.31. The maximum absolute atomic E-state index is 13.0. The summed E-state index contributed by atoms with van der Waals surface area (Å²) in [5, 5.41) is 9.48. The smallest absolute Gasteiger partial charge is 0.125 e. The lowest BCUT2D eigenvalue weighted by Gasteiger charge is -2.14. The van der Waals surface area contributed by atoms with E-state index in [1.165, 1.54) is 18.2 Å². The summed E-state index contributed by atoms with van der Waals surface area (Å²) in [5.74, 6) is 0.128. The zero-order valence-corrected chi connectivity index (χ0v) is 9.66. The van der Waals surface area contributed by atoms with Gasteiger partial charge in [0, 0.05) is 5.56 Å². The van der Waals surface area contributed by atoms with E-state index in [2.05, 4.69) is 6.58 Å². The van der Waals surface area contributed by atoms with Crippen LogP contribution < -0.4 is 4.74 Å². The van der Waals surface area contributed by atoms with Crippen LogP contribution in [0.2, 0.25) is 0 Å². The molecule has 1 aromatic carbocycles. The fraction of sp³-hybridized carbons (Fsp3) is 0.385. The second-order valence-corrected chi connectivity index (χ2v) is 3.75. The van der Waals surface area contributed by atoms with E-state index in [1.54, 1.807) is 6.92 Å². The van der Waals surface area contributed by atoms with Gasteiger partial charge in [-0.05, 0) is 37.1 Å². The van der Waals surface area contributed by atoms with Crippen LogP contribution in [-0.4, -0.2) is 11.7 Å². The number of benzene rings is 1. The standard InChI is InChI=1S/C13H17FO2/c1-4-9(2)8-16-13-6-5-11(14)7-12(13)10(3)15/h5-7,10,15H,2,4,8H2,1,3H3/t10-/m0/s1. The number of aliphatic hydroxyl groups excluding tert-OH is 1. The zero-order chi connectivity index (χ0) is 12.1. The Morgan fingerprint density at radius 1 is 1.56 bits per heavy atom. The van der Waals surface area contributed by atoms with Gasteiger partial charge in [0.05, 0.1) is 6.10 Å².